The molecule has 1 fully saturated rings. The summed E-state index contributed by atoms with van der Waals surface area (Å²) < 4.78 is 5.02. The molecular formula is C18H23N5O2. The standard InChI is InChI=1S/C18H23N5O2/c1-25-17-8-7-16(21-22-17)18(24)23(13-14-5-2-3-11-20-14)15-6-4-10-19-12-9-15/h2-3,5,7-8,11,15,19H,4,6,9-10,12-13H2,1H3. The molecular weight excluding hydrogens is 318 g/mol. The summed E-state index contributed by atoms with van der Waals surface area (Å²) in [7, 11) is 1.53. The van der Waals surface area contributed by atoms with Crippen molar-refractivity contribution in [2.75, 3.05) is 20.2 Å². The summed E-state index contributed by atoms with van der Waals surface area (Å²) in [5.41, 5.74) is 1.20. The lowest BCUT2D eigenvalue weighted by Crippen LogP contribution is -2.41. The Balaban J connectivity index is 1.84. The van der Waals surface area contributed by atoms with Crippen LogP contribution < -0.4 is 10.1 Å². The third kappa shape index (κ3) is 4.51. The molecule has 1 unspecified atom stereocenters. The van der Waals surface area contributed by atoms with Crippen LogP contribution >= 0.6 is 0 Å². The third-order valence-corrected chi connectivity index (χ3v) is 4.37. The van der Waals surface area contributed by atoms with Crippen LogP contribution in [0.5, 0.6) is 5.88 Å². The van der Waals surface area contributed by atoms with Crippen LogP contribution in [0.3, 0.4) is 0 Å². The number of carbonyl (C=O) groups is 1. The van der Waals surface area contributed by atoms with Crippen molar-refractivity contribution in [2.24, 2.45) is 0 Å². The SMILES string of the molecule is COc1ccc(C(=O)N(Cc2ccccn2)C2CCCNCC2)nn1. The topological polar surface area (TPSA) is 80.2 Å². The summed E-state index contributed by atoms with van der Waals surface area (Å²) in [6, 6.07) is 9.23. The molecule has 1 amide bonds. The number of pyridine rings is 1. The molecule has 1 N–H and O–H groups in total. The number of nitrogens with one attached hydrogen (secondary N) is 1. The molecule has 7 heteroatoms. The number of hydrogen-bond donors (Lipinski definition) is 1. The first kappa shape index (κ1) is 17.3. The number of methoxy groups -OCH3 is 1. The number of amides is 1. The second-order valence-electron chi connectivity index (χ2n) is 6.05. The van der Waals surface area contributed by atoms with E-state index >= 15 is 0 Å². The van der Waals surface area contributed by atoms with E-state index in [4.69, 9.17) is 4.74 Å². The maximum Gasteiger partial charge on any atom is 0.274 e. The summed E-state index contributed by atoms with van der Waals surface area (Å²) in [6.07, 6.45) is 4.68. The zero-order valence-corrected chi connectivity index (χ0v) is 14.4. The van der Waals surface area contributed by atoms with Gasteiger partial charge < -0.3 is 15.0 Å². The van der Waals surface area contributed by atoms with E-state index < -0.39 is 0 Å². The molecule has 1 aliphatic heterocycles. The fraction of sp³-hybridized carbons (Fsp3) is 0.444. The smallest absolute Gasteiger partial charge is 0.274 e. The Kier molecular flexibility index (Phi) is 5.90. The van der Waals surface area contributed by atoms with Crippen LogP contribution in [0.25, 0.3) is 0 Å². The molecule has 1 saturated heterocycles. The summed E-state index contributed by atoms with van der Waals surface area (Å²) in [6.45, 7) is 2.37. The van der Waals surface area contributed by atoms with Gasteiger partial charge in [-0.25, -0.2) is 0 Å². The molecule has 0 saturated carbocycles. The van der Waals surface area contributed by atoms with Gasteiger partial charge in [-0.3, -0.25) is 9.78 Å². The molecule has 3 rings (SSSR count). The highest BCUT2D eigenvalue weighted by molar-refractivity contribution is 5.92. The van der Waals surface area contributed by atoms with E-state index in [0.29, 0.717) is 18.1 Å². The molecule has 0 aromatic carbocycles. The Labute approximate surface area is 147 Å². The first-order valence-electron chi connectivity index (χ1n) is 8.57. The Morgan fingerprint density at radius 3 is 2.88 bits per heavy atom. The van der Waals surface area contributed by atoms with E-state index in [1.165, 1.54) is 7.11 Å². The van der Waals surface area contributed by atoms with Crippen molar-refractivity contribution in [2.45, 2.75) is 31.8 Å². The minimum Gasteiger partial charge on any atom is -0.480 e. The zero-order chi connectivity index (χ0) is 17.5. The highest BCUT2D eigenvalue weighted by Gasteiger charge is 2.27. The van der Waals surface area contributed by atoms with Crippen LogP contribution in [-0.2, 0) is 6.54 Å². The molecule has 7 nitrogen and oxygen atoms in total. The van der Waals surface area contributed by atoms with E-state index in [1.807, 2.05) is 23.1 Å². The lowest BCUT2D eigenvalue weighted by Gasteiger charge is -2.30. The second-order valence-corrected chi connectivity index (χ2v) is 6.05. The van der Waals surface area contributed by atoms with E-state index in [-0.39, 0.29) is 11.9 Å². The van der Waals surface area contributed by atoms with Crippen molar-refractivity contribution in [1.29, 1.82) is 0 Å². The van der Waals surface area contributed by atoms with Gasteiger partial charge in [-0.2, -0.15) is 0 Å². The van der Waals surface area contributed by atoms with Gasteiger partial charge in [0.1, 0.15) is 0 Å². The molecule has 0 aliphatic carbocycles. The van der Waals surface area contributed by atoms with Gasteiger partial charge in [0.25, 0.3) is 5.91 Å². The van der Waals surface area contributed by atoms with Gasteiger partial charge >= 0.3 is 0 Å². The fourth-order valence-corrected chi connectivity index (χ4v) is 3.04. The number of hydrogen-bond acceptors (Lipinski definition) is 6. The van der Waals surface area contributed by atoms with Crippen molar-refractivity contribution >= 4 is 5.91 Å². The number of nitrogens with zero attached hydrogens (tertiary/aromatic N) is 4. The quantitative estimate of drug-likeness (QED) is 0.891. The molecule has 2 aromatic heterocycles. The lowest BCUT2D eigenvalue weighted by molar-refractivity contribution is 0.0634. The van der Waals surface area contributed by atoms with Crippen LogP contribution in [0, 0.1) is 0 Å². The predicted molar refractivity (Wildman–Crippen MR) is 93.2 cm³/mol. The van der Waals surface area contributed by atoms with Crippen molar-refractivity contribution in [3.05, 3.63) is 47.9 Å². The van der Waals surface area contributed by atoms with Crippen LogP contribution in [0.15, 0.2) is 36.5 Å². The van der Waals surface area contributed by atoms with E-state index in [0.717, 1.165) is 38.0 Å². The molecule has 0 radical (unpaired) electrons. The lowest BCUT2D eigenvalue weighted by atomic mass is 10.1. The normalized spacial score (nSPS) is 17.6. The minimum absolute atomic E-state index is 0.118. The summed E-state index contributed by atoms with van der Waals surface area (Å²) >= 11 is 0. The molecule has 0 bridgehead atoms. The first-order valence-corrected chi connectivity index (χ1v) is 8.57. The average molecular weight is 341 g/mol. The fourth-order valence-electron chi connectivity index (χ4n) is 3.04. The van der Waals surface area contributed by atoms with Gasteiger partial charge in [0.2, 0.25) is 5.88 Å². The van der Waals surface area contributed by atoms with Crippen molar-refractivity contribution in [3.63, 3.8) is 0 Å². The van der Waals surface area contributed by atoms with Crippen LogP contribution in [0.1, 0.15) is 35.4 Å². The number of rotatable bonds is 5. The minimum atomic E-state index is -0.118. The number of aromatic nitrogens is 3. The summed E-state index contributed by atoms with van der Waals surface area (Å²) in [5.74, 6) is 0.277. The Bertz CT molecular complexity index is 670. The molecule has 132 valence electrons. The van der Waals surface area contributed by atoms with Gasteiger partial charge in [0.15, 0.2) is 5.69 Å². The van der Waals surface area contributed by atoms with Gasteiger partial charge in [0.05, 0.1) is 19.3 Å². The highest BCUT2D eigenvalue weighted by atomic mass is 16.5. The largest absolute Gasteiger partial charge is 0.480 e. The maximum absolute atomic E-state index is 13.1. The van der Waals surface area contributed by atoms with Crippen molar-refractivity contribution < 1.29 is 9.53 Å². The van der Waals surface area contributed by atoms with Gasteiger partial charge in [0, 0.05) is 18.3 Å². The molecule has 3 heterocycles. The monoisotopic (exact) mass is 341 g/mol. The number of carbonyl (C=O) groups excluding carboxylic acids is 1. The molecule has 1 atom stereocenters. The van der Waals surface area contributed by atoms with Gasteiger partial charge in [-0.15, -0.1) is 10.2 Å². The molecule has 1 aliphatic rings. The molecule has 25 heavy (non-hydrogen) atoms. The highest BCUT2D eigenvalue weighted by Crippen LogP contribution is 2.19. The summed E-state index contributed by atoms with van der Waals surface area (Å²) in [5, 5.41) is 11.3. The zero-order valence-electron chi connectivity index (χ0n) is 14.4. The average Bonchev–Trinajstić information content (AvgIpc) is 2.96. The molecule has 0 spiro atoms. The maximum atomic E-state index is 13.1. The predicted octanol–water partition coefficient (Wildman–Crippen LogP) is 1.66. The van der Waals surface area contributed by atoms with E-state index in [9.17, 15) is 4.79 Å². The Morgan fingerprint density at radius 2 is 2.16 bits per heavy atom. The third-order valence-electron chi connectivity index (χ3n) is 4.37. The van der Waals surface area contributed by atoms with Crippen LogP contribution in [0.4, 0.5) is 0 Å². The summed E-state index contributed by atoms with van der Waals surface area (Å²) in [4.78, 5) is 19.4. The van der Waals surface area contributed by atoms with E-state index in [2.05, 4.69) is 20.5 Å². The number of ether oxygens (including phenoxy) is 1. The van der Waals surface area contributed by atoms with E-state index in [1.54, 1.807) is 18.3 Å². The van der Waals surface area contributed by atoms with Gasteiger partial charge in [-0.1, -0.05) is 6.07 Å². The Hall–Kier alpha value is -2.54. The first-order chi connectivity index (χ1) is 12.3. The van der Waals surface area contributed by atoms with Gasteiger partial charge in [-0.05, 0) is 50.6 Å². The van der Waals surface area contributed by atoms with Crippen molar-refractivity contribution in [1.82, 2.24) is 25.4 Å². The van der Waals surface area contributed by atoms with Crippen LogP contribution in [0.2, 0.25) is 0 Å². The molecule has 2 aromatic rings. The van der Waals surface area contributed by atoms with Crippen LogP contribution in [-0.4, -0.2) is 52.2 Å². The van der Waals surface area contributed by atoms with Crippen molar-refractivity contribution in [3.8, 4) is 5.88 Å². The second kappa shape index (κ2) is 8.53. The Morgan fingerprint density at radius 1 is 1.24 bits per heavy atom.